The van der Waals surface area contributed by atoms with E-state index in [1.807, 2.05) is 26.8 Å². The second-order valence-corrected chi connectivity index (χ2v) is 4.18. The van der Waals surface area contributed by atoms with Crippen LogP contribution in [0.2, 0.25) is 0 Å². The molecule has 3 N–H and O–H groups in total. The molecule has 0 aromatic carbocycles. The van der Waals surface area contributed by atoms with Crippen LogP contribution in [0, 0.1) is 0 Å². The van der Waals surface area contributed by atoms with Crippen LogP contribution < -0.4 is 16.0 Å². The number of rotatable bonds is 9. The molecule has 0 aliphatic heterocycles. The summed E-state index contributed by atoms with van der Waals surface area (Å²) in [6.07, 6.45) is 0. The number of carbonyl (C=O) groups is 1. The lowest BCUT2D eigenvalue weighted by molar-refractivity contribution is -0.116. The van der Waals surface area contributed by atoms with Crippen LogP contribution >= 0.6 is 0 Å². The summed E-state index contributed by atoms with van der Waals surface area (Å²) in [6.45, 7) is 8.32. The lowest BCUT2D eigenvalue weighted by Gasteiger charge is -2.21. The summed E-state index contributed by atoms with van der Waals surface area (Å²) in [5.41, 5.74) is 5.26. The number of nitrogens with zero attached hydrogens (tertiary/aromatic N) is 3. The van der Waals surface area contributed by atoms with Gasteiger partial charge in [-0.25, -0.2) is 9.97 Å². The van der Waals surface area contributed by atoms with Crippen molar-refractivity contribution >= 4 is 17.5 Å². The van der Waals surface area contributed by atoms with Crippen LogP contribution in [0.3, 0.4) is 0 Å². The minimum atomic E-state index is -0.387. The lowest BCUT2D eigenvalue weighted by atomic mass is 10.4. The van der Waals surface area contributed by atoms with Crippen molar-refractivity contribution < 1.29 is 9.53 Å². The van der Waals surface area contributed by atoms with Crippen LogP contribution in [0.25, 0.3) is 0 Å². The fraction of sp³-hybridized carbons (Fsp3) is 0.615. The van der Waals surface area contributed by atoms with Crippen molar-refractivity contribution in [1.82, 2.24) is 9.97 Å². The average molecular weight is 281 g/mol. The third-order valence-electron chi connectivity index (χ3n) is 2.60. The highest BCUT2D eigenvalue weighted by atomic mass is 16.5. The first-order chi connectivity index (χ1) is 9.60. The van der Waals surface area contributed by atoms with Gasteiger partial charge in [0.2, 0.25) is 5.91 Å². The van der Waals surface area contributed by atoms with Crippen LogP contribution in [-0.4, -0.2) is 42.1 Å². The van der Waals surface area contributed by atoms with Gasteiger partial charge in [-0.3, -0.25) is 4.79 Å². The average Bonchev–Trinajstić information content (AvgIpc) is 2.42. The first kappa shape index (κ1) is 16.2. The SMILES string of the molecule is CCNc1cc(N(CC)CC(N)=O)nc(COCC)n1. The van der Waals surface area contributed by atoms with E-state index >= 15 is 0 Å². The van der Waals surface area contributed by atoms with Crippen molar-refractivity contribution in [2.75, 3.05) is 36.5 Å². The molecule has 7 heteroatoms. The minimum Gasteiger partial charge on any atom is -0.374 e. The van der Waals surface area contributed by atoms with Crippen LogP contribution in [0.5, 0.6) is 0 Å². The normalized spacial score (nSPS) is 10.3. The number of carbonyl (C=O) groups excluding carboxylic acids is 1. The van der Waals surface area contributed by atoms with Gasteiger partial charge in [0, 0.05) is 25.8 Å². The Morgan fingerprint density at radius 3 is 2.70 bits per heavy atom. The van der Waals surface area contributed by atoms with Gasteiger partial charge < -0.3 is 20.7 Å². The van der Waals surface area contributed by atoms with E-state index in [1.165, 1.54) is 0 Å². The van der Waals surface area contributed by atoms with E-state index in [9.17, 15) is 4.79 Å². The molecule has 1 aromatic heterocycles. The maximum absolute atomic E-state index is 11.1. The van der Waals surface area contributed by atoms with Gasteiger partial charge in [0.25, 0.3) is 0 Å². The topological polar surface area (TPSA) is 93.4 Å². The van der Waals surface area contributed by atoms with E-state index in [2.05, 4.69) is 15.3 Å². The lowest BCUT2D eigenvalue weighted by Crippen LogP contribution is -2.34. The maximum atomic E-state index is 11.1. The Hall–Kier alpha value is -1.89. The maximum Gasteiger partial charge on any atom is 0.236 e. The van der Waals surface area contributed by atoms with Crippen molar-refractivity contribution in [3.05, 3.63) is 11.9 Å². The number of likely N-dealkylation sites (N-methyl/N-ethyl adjacent to an activating group) is 1. The van der Waals surface area contributed by atoms with E-state index in [4.69, 9.17) is 10.5 Å². The predicted octanol–water partition coefficient (Wildman–Crippen LogP) is 0.756. The summed E-state index contributed by atoms with van der Waals surface area (Å²) in [4.78, 5) is 21.7. The van der Waals surface area contributed by atoms with Crippen LogP contribution in [0.1, 0.15) is 26.6 Å². The molecular weight excluding hydrogens is 258 g/mol. The van der Waals surface area contributed by atoms with E-state index in [-0.39, 0.29) is 12.5 Å². The Morgan fingerprint density at radius 1 is 1.40 bits per heavy atom. The van der Waals surface area contributed by atoms with E-state index < -0.39 is 0 Å². The smallest absolute Gasteiger partial charge is 0.236 e. The molecule has 0 saturated carbocycles. The molecule has 0 saturated heterocycles. The molecule has 0 fully saturated rings. The molecule has 1 amide bonds. The van der Waals surface area contributed by atoms with Gasteiger partial charge in [0.15, 0.2) is 5.82 Å². The van der Waals surface area contributed by atoms with Crippen molar-refractivity contribution in [3.8, 4) is 0 Å². The van der Waals surface area contributed by atoms with Crippen molar-refractivity contribution in [2.45, 2.75) is 27.4 Å². The molecule has 0 spiro atoms. The van der Waals surface area contributed by atoms with Gasteiger partial charge >= 0.3 is 0 Å². The van der Waals surface area contributed by atoms with Gasteiger partial charge in [0.1, 0.15) is 18.2 Å². The molecule has 20 heavy (non-hydrogen) atoms. The molecule has 1 rings (SSSR count). The highest BCUT2D eigenvalue weighted by molar-refractivity contribution is 5.79. The van der Waals surface area contributed by atoms with Crippen molar-refractivity contribution in [2.24, 2.45) is 5.73 Å². The van der Waals surface area contributed by atoms with Gasteiger partial charge in [0.05, 0.1) is 6.54 Å². The number of nitrogens with one attached hydrogen (secondary N) is 1. The highest BCUT2D eigenvalue weighted by Gasteiger charge is 2.12. The molecule has 0 aliphatic rings. The summed E-state index contributed by atoms with van der Waals surface area (Å²) >= 11 is 0. The zero-order valence-electron chi connectivity index (χ0n) is 12.3. The standard InChI is InChI=1S/C13H23N5O2/c1-4-15-11-7-13(18(5-2)8-10(14)19)17-12(16-11)9-20-6-3/h7H,4-6,8-9H2,1-3H3,(H2,14,19)(H,15,16,17). The largest absolute Gasteiger partial charge is 0.374 e. The highest BCUT2D eigenvalue weighted by Crippen LogP contribution is 2.16. The predicted molar refractivity (Wildman–Crippen MR) is 78.6 cm³/mol. The molecule has 0 unspecified atom stereocenters. The summed E-state index contributed by atoms with van der Waals surface area (Å²) in [5, 5.41) is 3.15. The number of anilines is 2. The second-order valence-electron chi connectivity index (χ2n) is 4.18. The molecular formula is C13H23N5O2. The van der Waals surface area contributed by atoms with Gasteiger partial charge in [-0.15, -0.1) is 0 Å². The first-order valence-corrected chi connectivity index (χ1v) is 6.83. The summed E-state index contributed by atoms with van der Waals surface area (Å²) in [7, 11) is 0. The molecule has 0 bridgehead atoms. The number of primary amides is 1. The van der Waals surface area contributed by atoms with Crippen LogP contribution in [0.15, 0.2) is 6.07 Å². The van der Waals surface area contributed by atoms with Crippen molar-refractivity contribution in [1.29, 1.82) is 0 Å². The number of amides is 1. The first-order valence-electron chi connectivity index (χ1n) is 6.83. The molecule has 112 valence electrons. The second kappa shape index (κ2) is 8.31. The number of hydrogen-bond acceptors (Lipinski definition) is 6. The van der Waals surface area contributed by atoms with Crippen LogP contribution in [0.4, 0.5) is 11.6 Å². The van der Waals surface area contributed by atoms with E-state index in [1.54, 1.807) is 4.90 Å². The van der Waals surface area contributed by atoms with Gasteiger partial charge in [-0.2, -0.15) is 0 Å². The quantitative estimate of drug-likeness (QED) is 0.694. The number of ether oxygens (including phenoxy) is 1. The third kappa shape index (κ3) is 5.00. The summed E-state index contributed by atoms with van der Waals surface area (Å²) in [5.74, 6) is 1.59. The Bertz CT molecular complexity index is 439. The van der Waals surface area contributed by atoms with Crippen LogP contribution in [-0.2, 0) is 16.1 Å². The minimum absolute atomic E-state index is 0.132. The summed E-state index contributed by atoms with van der Waals surface area (Å²) in [6, 6.07) is 1.81. The van der Waals surface area contributed by atoms with Gasteiger partial charge in [-0.1, -0.05) is 0 Å². The molecule has 1 aromatic rings. The Balaban J connectivity index is 3.01. The molecule has 0 atom stereocenters. The zero-order valence-corrected chi connectivity index (χ0v) is 12.3. The fourth-order valence-electron chi connectivity index (χ4n) is 1.72. The third-order valence-corrected chi connectivity index (χ3v) is 2.60. The Morgan fingerprint density at radius 2 is 2.15 bits per heavy atom. The fourth-order valence-corrected chi connectivity index (χ4v) is 1.72. The summed E-state index contributed by atoms with van der Waals surface area (Å²) < 4.78 is 5.34. The number of nitrogens with two attached hydrogens (primary N) is 1. The molecule has 0 aliphatic carbocycles. The monoisotopic (exact) mass is 281 g/mol. The van der Waals surface area contributed by atoms with Gasteiger partial charge in [-0.05, 0) is 20.8 Å². The molecule has 0 radical (unpaired) electrons. The number of hydrogen-bond donors (Lipinski definition) is 2. The number of aromatic nitrogens is 2. The van der Waals surface area contributed by atoms with E-state index in [0.717, 1.165) is 12.4 Å². The molecule has 7 nitrogen and oxygen atoms in total. The Labute approximate surface area is 119 Å². The van der Waals surface area contributed by atoms with E-state index in [0.29, 0.717) is 31.4 Å². The molecule has 1 heterocycles. The van der Waals surface area contributed by atoms with Crippen molar-refractivity contribution in [3.63, 3.8) is 0 Å². The Kier molecular flexibility index (Phi) is 6.72. The zero-order chi connectivity index (χ0) is 15.0.